The Bertz CT molecular complexity index is 885. The van der Waals surface area contributed by atoms with E-state index in [0.29, 0.717) is 41.7 Å². The molecule has 1 amide bonds. The number of rotatable bonds is 5. The van der Waals surface area contributed by atoms with Crippen LogP contribution in [0.4, 0.5) is 10.1 Å². The minimum absolute atomic E-state index is 0.0805. The first-order valence-electron chi connectivity index (χ1n) is 8.22. The Balaban J connectivity index is 1.77. The monoisotopic (exact) mass is 351 g/mol. The van der Waals surface area contributed by atoms with Crippen LogP contribution in [-0.2, 0) is 6.42 Å². The molecule has 0 aliphatic carbocycles. The first kappa shape index (κ1) is 17.6. The van der Waals surface area contributed by atoms with Crippen LogP contribution < -0.4 is 15.4 Å². The van der Waals surface area contributed by atoms with Crippen LogP contribution in [0.2, 0.25) is 0 Å². The fourth-order valence-corrected chi connectivity index (χ4v) is 2.83. The van der Waals surface area contributed by atoms with Gasteiger partial charge in [-0.1, -0.05) is 0 Å². The lowest BCUT2D eigenvalue weighted by Crippen LogP contribution is -2.37. The van der Waals surface area contributed by atoms with Gasteiger partial charge in [0.2, 0.25) is 0 Å². The molecule has 26 heavy (non-hydrogen) atoms. The van der Waals surface area contributed by atoms with Crippen LogP contribution >= 0.6 is 0 Å². The number of nitrogens with two attached hydrogens (primary N) is 1. The molecular weight excluding hydrogens is 333 g/mol. The number of nitriles is 1. The molecule has 5 nitrogen and oxygen atoms in total. The van der Waals surface area contributed by atoms with Crippen molar-refractivity contribution in [2.24, 2.45) is 5.73 Å². The summed E-state index contributed by atoms with van der Waals surface area (Å²) in [6.07, 6.45) is 1.14. The Morgan fingerprint density at radius 1 is 1.31 bits per heavy atom. The van der Waals surface area contributed by atoms with Crippen molar-refractivity contribution in [2.45, 2.75) is 6.42 Å². The minimum atomic E-state index is -0.0891. The van der Waals surface area contributed by atoms with Crippen LogP contribution in [0.5, 0.6) is 5.75 Å². The van der Waals surface area contributed by atoms with E-state index in [0.717, 1.165) is 11.3 Å². The van der Waals surface area contributed by atoms with Gasteiger partial charge in [-0.2, -0.15) is 5.26 Å². The first-order valence-corrected chi connectivity index (χ1v) is 8.22. The lowest BCUT2D eigenvalue weighted by atomic mass is 9.98. The predicted molar refractivity (Wildman–Crippen MR) is 96.7 cm³/mol. The average Bonchev–Trinajstić information content (AvgIpc) is 2.69. The van der Waals surface area contributed by atoms with Crippen molar-refractivity contribution in [3.05, 3.63) is 71.1 Å². The number of carbonyl (C=O) groups is 1. The Morgan fingerprint density at radius 2 is 2.08 bits per heavy atom. The molecule has 0 bridgehead atoms. The smallest absolute Gasteiger partial charge is 0.258 e. The number of amides is 1. The van der Waals surface area contributed by atoms with Gasteiger partial charge in [-0.15, -0.1) is 0 Å². The molecule has 132 valence electrons. The predicted octanol–water partition coefficient (Wildman–Crippen LogP) is 2.95. The van der Waals surface area contributed by atoms with Crippen molar-refractivity contribution in [1.29, 1.82) is 5.26 Å². The number of fused-ring (bicyclic) bond motifs is 1. The maximum atomic E-state index is 12.8. The number of ether oxygens (including phenoxy) is 1. The lowest BCUT2D eigenvalue weighted by Gasteiger charge is -2.29. The van der Waals surface area contributed by atoms with Gasteiger partial charge in [0.25, 0.3) is 5.91 Å². The van der Waals surface area contributed by atoms with Gasteiger partial charge in [0.05, 0.1) is 18.0 Å². The summed E-state index contributed by atoms with van der Waals surface area (Å²) in [5.74, 6) is 0.491. The highest BCUT2D eigenvalue weighted by atomic mass is 19.1. The Kier molecular flexibility index (Phi) is 5.30. The zero-order chi connectivity index (χ0) is 18.5. The maximum Gasteiger partial charge on any atom is 0.258 e. The van der Waals surface area contributed by atoms with E-state index in [9.17, 15) is 9.18 Å². The van der Waals surface area contributed by atoms with Crippen molar-refractivity contribution in [2.75, 3.05) is 24.6 Å². The van der Waals surface area contributed by atoms with Gasteiger partial charge in [-0.05, 0) is 54.4 Å². The van der Waals surface area contributed by atoms with Gasteiger partial charge >= 0.3 is 0 Å². The second-order valence-corrected chi connectivity index (χ2v) is 5.94. The van der Waals surface area contributed by atoms with Crippen LogP contribution in [0.1, 0.15) is 21.5 Å². The molecule has 0 spiro atoms. The highest BCUT2D eigenvalue weighted by molar-refractivity contribution is 6.08. The minimum Gasteiger partial charge on any atom is -0.489 e. The summed E-state index contributed by atoms with van der Waals surface area (Å²) in [5, 5.41) is 8.88. The molecule has 6 heteroatoms. The van der Waals surface area contributed by atoms with E-state index in [-0.39, 0.29) is 19.1 Å². The molecule has 0 atom stereocenters. The fraction of sp³-hybridized carbons (Fsp3) is 0.200. The standard InChI is InChI=1S/C20H18FN3O2/c21-10-15(12-23)13-26-18-5-6-19-16(9-18)7-8-24(20(19)25)17-3-1-14(11-22)2-4-17/h1-6,9-10H,7-8,12-13,23H2/b15-10+. The third kappa shape index (κ3) is 3.58. The molecular formula is C20H18FN3O2. The largest absolute Gasteiger partial charge is 0.489 e. The molecule has 3 rings (SSSR count). The lowest BCUT2D eigenvalue weighted by molar-refractivity contribution is 0.0980. The zero-order valence-electron chi connectivity index (χ0n) is 14.1. The SMILES string of the molecule is N#Cc1ccc(N2CCc3cc(OC/C(=C/F)CN)ccc3C2=O)cc1. The van der Waals surface area contributed by atoms with Crippen LogP contribution in [-0.4, -0.2) is 25.6 Å². The van der Waals surface area contributed by atoms with Gasteiger partial charge in [0, 0.05) is 29.9 Å². The van der Waals surface area contributed by atoms with E-state index in [1.165, 1.54) is 0 Å². The number of nitrogens with zero attached hydrogens (tertiary/aromatic N) is 2. The van der Waals surface area contributed by atoms with Crippen LogP contribution in [0, 0.1) is 11.3 Å². The molecule has 1 aliphatic rings. The molecule has 2 aromatic carbocycles. The van der Waals surface area contributed by atoms with Gasteiger partial charge in [-0.3, -0.25) is 4.79 Å². The number of carbonyl (C=O) groups excluding carboxylic acids is 1. The molecule has 0 saturated carbocycles. The molecule has 0 saturated heterocycles. The Labute approximate surface area is 151 Å². The summed E-state index contributed by atoms with van der Waals surface area (Å²) < 4.78 is 18.1. The Morgan fingerprint density at radius 3 is 2.73 bits per heavy atom. The number of benzene rings is 2. The first-order chi connectivity index (χ1) is 12.7. The van der Waals surface area contributed by atoms with Crippen LogP contribution in [0.25, 0.3) is 0 Å². The molecule has 2 aromatic rings. The zero-order valence-corrected chi connectivity index (χ0v) is 14.1. The van der Waals surface area contributed by atoms with Crippen molar-refractivity contribution >= 4 is 11.6 Å². The van der Waals surface area contributed by atoms with E-state index < -0.39 is 0 Å². The van der Waals surface area contributed by atoms with E-state index in [2.05, 4.69) is 6.07 Å². The van der Waals surface area contributed by atoms with E-state index in [4.69, 9.17) is 15.7 Å². The highest BCUT2D eigenvalue weighted by Gasteiger charge is 2.25. The molecule has 0 aromatic heterocycles. The van der Waals surface area contributed by atoms with Gasteiger partial charge in [0.1, 0.15) is 12.4 Å². The van der Waals surface area contributed by atoms with E-state index in [1.807, 2.05) is 6.07 Å². The highest BCUT2D eigenvalue weighted by Crippen LogP contribution is 2.27. The molecule has 0 unspecified atom stereocenters. The maximum absolute atomic E-state index is 12.8. The van der Waals surface area contributed by atoms with Gasteiger partial charge in [-0.25, -0.2) is 4.39 Å². The topological polar surface area (TPSA) is 79.3 Å². The summed E-state index contributed by atoms with van der Waals surface area (Å²) in [6.45, 7) is 0.718. The summed E-state index contributed by atoms with van der Waals surface area (Å²) in [6, 6.07) is 14.2. The number of hydrogen-bond donors (Lipinski definition) is 1. The Hall–Kier alpha value is -3.17. The van der Waals surface area contributed by atoms with E-state index in [1.54, 1.807) is 41.3 Å². The van der Waals surface area contributed by atoms with Gasteiger partial charge < -0.3 is 15.4 Å². The van der Waals surface area contributed by atoms with Crippen LogP contribution in [0.3, 0.4) is 0 Å². The third-order valence-electron chi connectivity index (χ3n) is 4.31. The summed E-state index contributed by atoms with van der Waals surface area (Å²) in [5.41, 5.74) is 8.61. The van der Waals surface area contributed by atoms with E-state index >= 15 is 0 Å². The quantitative estimate of drug-likeness (QED) is 0.898. The fourth-order valence-electron chi connectivity index (χ4n) is 2.83. The summed E-state index contributed by atoms with van der Waals surface area (Å²) in [7, 11) is 0. The molecule has 0 radical (unpaired) electrons. The molecule has 1 aliphatic heterocycles. The summed E-state index contributed by atoms with van der Waals surface area (Å²) in [4.78, 5) is 14.5. The van der Waals surface area contributed by atoms with Crippen molar-refractivity contribution in [3.63, 3.8) is 0 Å². The summed E-state index contributed by atoms with van der Waals surface area (Å²) >= 11 is 0. The normalized spacial score (nSPS) is 14.0. The number of hydrogen-bond acceptors (Lipinski definition) is 4. The third-order valence-corrected chi connectivity index (χ3v) is 4.31. The second-order valence-electron chi connectivity index (χ2n) is 5.94. The molecule has 1 heterocycles. The number of halogens is 1. The average molecular weight is 351 g/mol. The number of anilines is 1. The van der Waals surface area contributed by atoms with Crippen LogP contribution in [0.15, 0.2) is 54.4 Å². The second kappa shape index (κ2) is 7.81. The van der Waals surface area contributed by atoms with Crippen molar-refractivity contribution in [1.82, 2.24) is 0 Å². The van der Waals surface area contributed by atoms with Crippen molar-refractivity contribution < 1.29 is 13.9 Å². The van der Waals surface area contributed by atoms with Gasteiger partial charge in [0.15, 0.2) is 0 Å². The molecule has 0 fully saturated rings. The van der Waals surface area contributed by atoms with Crippen molar-refractivity contribution in [3.8, 4) is 11.8 Å². The molecule has 2 N–H and O–H groups in total.